The van der Waals surface area contributed by atoms with Gasteiger partial charge in [-0.2, -0.15) is 4.31 Å². The number of nitrogens with one attached hydrogen (secondary N) is 1. The van der Waals surface area contributed by atoms with Gasteiger partial charge in [0.2, 0.25) is 21.8 Å². The third-order valence-electron chi connectivity index (χ3n) is 5.74. The number of anilines is 1. The van der Waals surface area contributed by atoms with E-state index in [9.17, 15) is 18.0 Å². The van der Waals surface area contributed by atoms with Gasteiger partial charge in [0, 0.05) is 39.4 Å². The summed E-state index contributed by atoms with van der Waals surface area (Å²) in [7, 11) is 0.242. The van der Waals surface area contributed by atoms with Crippen molar-refractivity contribution in [2.24, 2.45) is 0 Å². The van der Waals surface area contributed by atoms with Crippen molar-refractivity contribution in [2.45, 2.75) is 25.6 Å². The number of amides is 2. The maximum absolute atomic E-state index is 13.3. The molecule has 1 aliphatic heterocycles. The lowest BCUT2D eigenvalue weighted by Crippen LogP contribution is -2.69. The van der Waals surface area contributed by atoms with E-state index in [1.807, 2.05) is 73.6 Å². The molecule has 1 atom stereocenters. The van der Waals surface area contributed by atoms with Gasteiger partial charge in [-0.3, -0.25) is 9.59 Å². The molecule has 3 rings (SSSR count). The molecule has 2 aromatic carbocycles. The van der Waals surface area contributed by atoms with Crippen LogP contribution in [0.15, 0.2) is 54.6 Å². The normalized spacial score (nSPS) is 19.6. The van der Waals surface area contributed by atoms with E-state index in [0.717, 1.165) is 27.4 Å². The van der Waals surface area contributed by atoms with E-state index in [2.05, 4.69) is 5.32 Å². The topological polar surface area (TPSA) is 90.0 Å². The molecule has 1 aliphatic rings. The molecular formula is C23H30N4O4S. The number of sulfonamides is 1. The van der Waals surface area contributed by atoms with Crippen LogP contribution in [-0.2, 0) is 32.7 Å². The number of carbonyl (C=O) groups is 2. The molecule has 32 heavy (non-hydrogen) atoms. The fourth-order valence-electron chi connectivity index (χ4n) is 3.74. The predicted octanol–water partition coefficient (Wildman–Crippen LogP) is 1.43. The van der Waals surface area contributed by atoms with Crippen LogP contribution in [0, 0.1) is 0 Å². The number of rotatable bonds is 7. The van der Waals surface area contributed by atoms with E-state index in [1.165, 1.54) is 4.90 Å². The van der Waals surface area contributed by atoms with Crippen LogP contribution in [0.3, 0.4) is 0 Å². The zero-order chi connectivity index (χ0) is 23.5. The lowest BCUT2D eigenvalue weighted by molar-refractivity contribution is -0.153. The highest BCUT2D eigenvalue weighted by Crippen LogP contribution is 2.27. The average molecular weight is 459 g/mol. The van der Waals surface area contributed by atoms with E-state index < -0.39 is 27.4 Å². The molecule has 9 heteroatoms. The second kappa shape index (κ2) is 9.30. The van der Waals surface area contributed by atoms with Crippen LogP contribution in [0.2, 0.25) is 0 Å². The quantitative estimate of drug-likeness (QED) is 0.678. The molecule has 0 radical (unpaired) electrons. The fourth-order valence-corrected chi connectivity index (χ4v) is 4.57. The van der Waals surface area contributed by atoms with E-state index in [0.29, 0.717) is 0 Å². The molecule has 0 aromatic heterocycles. The summed E-state index contributed by atoms with van der Waals surface area (Å²) in [5.41, 5.74) is 1.44. The number of hydrogen-bond acceptors (Lipinski definition) is 5. The van der Waals surface area contributed by atoms with Crippen LogP contribution in [0.4, 0.5) is 5.69 Å². The van der Waals surface area contributed by atoms with Crippen LogP contribution in [0.25, 0.3) is 0 Å². The first-order valence-electron chi connectivity index (χ1n) is 10.3. The third kappa shape index (κ3) is 5.28. The minimum atomic E-state index is -3.64. The number of benzene rings is 2. The minimum Gasteiger partial charge on any atom is -0.378 e. The molecule has 0 aliphatic carbocycles. The summed E-state index contributed by atoms with van der Waals surface area (Å²) in [6.45, 7) is 1.73. The molecule has 2 aromatic rings. The summed E-state index contributed by atoms with van der Waals surface area (Å²) in [6.07, 6.45) is 1.05. The Bertz CT molecular complexity index is 1070. The molecule has 1 fully saturated rings. The van der Waals surface area contributed by atoms with Crippen LogP contribution in [-0.4, -0.2) is 68.4 Å². The molecule has 0 spiro atoms. The van der Waals surface area contributed by atoms with Gasteiger partial charge in [-0.05, 0) is 30.2 Å². The highest BCUT2D eigenvalue weighted by molar-refractivity contribution is 7.88. The SMILES string of the molecule is CN(C)c1ccc(CN2C(=O)CN(S(C)(=O)=O)CC2(C)C(=O)NCc2ccccc2)cc1. The molecule has 1 saturated heterocycles. The van der Waals surface area contributed by atoms with Crippen molar-refractivity contribution < 1.29 is 18.0 Å². The van der Waals surface area contributed by atoms with Crippen molar-refractivity contribution >= 4 is 27.5 Å². The zero-order valence-corrected chi connectivity index (χ0v) is 19.7. The van der Waals surface area contributed by atoms with E-state index >= 15 is 0 Å². The van der Waals surface area contributed by atoms with Crippen molar-refractivity contribution in [1.29, 1.82) is 0 Å². The highest BCUT2D eigenvalue weighted by Gasteiger charge is 2.49. The number of carbonyl (C=O) groups excluding carboxylic acids is 2. The Kier molecular flexibility index (Phi) is 6.90. The van der Waals surface area contributed by atoms with Gasteiger partial charge in [0.1, 0.15) is 5.54 Å². The molecule has 1 N–H and O–H groups in total. The molecule has 2 amide bonds. The Labute approximate surface area is 189 Å². The van der Waals surface area contributed by atoms with Gasteiger partial charge in [0.25, 0.3) is 0 Å². The van der Waals surface area contributed by atoms with Gasteiger partial charge >= 0.3 is 0 Å². The summed E-state index contributed by atoms with van der Waals surface area (Å²) < 4.78 is 25.5. The van der Waals surface area contributed by atoms with E-state index in [1.54, 1.807) is 6.92 Å². The van der Waals surface area contributed by atoms with Gasteiger partial charge < -0.3 is 15.1 Å². The van der Waals surface area contributed by atoms with Crippen LogP contribution >= 0.6 is 0 Å². The second-order valence-electron chi connectivity index (χ2n) is 8.51. The standard InChI is InChI=1S/C23H30N4O4S/c1-23(22(29)24-14-18-8-6-5-7-9-18)17-26(32(4,30)31)16-21(28)27(23)15-19-10-12-20(13-11-19)25(2)3/h5-13H,14-17H2,1-4H3,(H,24,29). The van der Waals surface area contributed by atoms with E-state index in [4.69, 9.17) is 0 Å². The number of nitrogens with zero attached hydrogens (tertiary/aromatic N) is 3. The summed E-state index contributed by atoms with van der Waals surface area (Å²) in [5.74, 6) is -0.802. The predicted molar refractivity (Wildman–Crippen MR) is 124 cm³/mol. The van der Waals surface area contributed by atoms with Gasteiger partial charge in [0.05, 0.1) is 12.8 Å². The molecular weight excluding hydrogens is 428 g/mol. The lowest BCUT2D eigenvalue weighted by Gasteiger charge is -2.46. The van der Waals surface area contributed by atoms with Crippen molar-refractivity contribution in [3.8, 4) is 0 Å². The second-order valence-corrected chi connectivity index (χ2v) is 10.5. The van der Waals surface area contributed by atoms with Crippen molar-refractivity contribution in [2.75, 3.05) is 38.3 Å². The monoisotopic (exact) mass is 458 g/mol. The largest absolute Gasteiger partial charge is 0.378 e. The average Bonchev–Trinajstić information content (AvgIpc) is 2.74. The zero-order valence-electron chi connectivity index (χ0n) is 18.9. The van der Waals surface area contributed by atoms with Gasteiger partial charge in [-0.15, -0.1) is 0 Å². The van der Waals surface area contributed by atoms with Crippen molar-refractivity contribution in [1.82, 2.24) is 14.5 Å². The van der Waals surface area contributed by atoms with E-state index in [-0.39, 0.29) is 26.2 Å². The maximum atomic E-state index is 13.3. The molecule has 8 nitrogen and oxygen atoms in total. The number of hydrogen-bond donors (Lipinski definition) is 1. The molecule has 172 valence electrons. The summed E-state index contributed by atoms with van der Waals surface area (Å²) in [5, 5.41) is 2.88. The van der Waals surface area contributed by atoms with Crippen LogP contribution in [0.1, 0.15) is 18.1 Å². The number of piperazine rings is 1. The van der Waals surface area contributed by atoms with Gasteiger partial charge in [-0.1, -0.05) is 42.5 Å². The fraction of sp³-hybridized carbons (Fsp3) is 0.391. The summed E-state index contributed by atoms with van der Waals surface area (Å²) in [6, 6.07) is 17.1. The minimum absolute atomic E-state index is 0.103. The third-order valence-corrected chi connectivity index (χ3v) is 6.94. The summed E-state index contributed by atoms with van der Waals surface area (Å²) >= 11 is 0. The lowest BCUT2D eigenvalue weighted by atomic mass is 9.94. The molecule has 1 unspecified atom stereocenters. The van der Waals surface area contributed by atoms with Crippen LogP contribution < -0.4 is 10.2 Å². The Hall–Kier alpha value is -2.91. The Balaban J connectivity index is 1.87. The van der Waals surface area contributed by atoms with Gasteiger partial charge in [-0.25, -0.2) is 8.42 Å². The first-order chi connectivity index (χ1) is 15.0. The first-order valence-corrected chi connectivity index (χ1v) is 12.2. The molecule has 0 bridgehead atoms. The highest BCUT2D eigenvalue weighted by atomic mass is 32.2. The van der Waals surface area contributed by atoms with Gasteiger partial charge in [0.15, 0.2) is 0 Å². The van der Waals surface area contributed by atoms with Crippen molar-refractivity contribution in [3.05, 3.63) is 65.7 Å². The molecule has 0 saturated carbocycles. The summed E-state index contributed by atoms with van der Waals surface area (Å²) in [4.78, 5) is 29.8. The maximum Gasteiger partial charge on any atom is 0.247 e. The first kappa shape index (κ1) is 23.7. The Morgan fingerprint density at radius 1 is 1.06 bits per heavy atom. The Morgan fingerprint density at radius 3 is 2.25 bits per heavy atom. The van der Waals surface area contributed by atoms with Crippen LogP contribution in [0.5, 0.6) is 0 Å². The Morgan fingerprint density at radius 2 is 1.69 bits per heavy atom. The van der Waals surface area contributed by atoms with Crippen molar-refractivity contribution in [3.63, 3.8) is 0 Å². The molecule has 1 heterocycles. The smallest absolute Gasteiger partial charge is 0.247 e.